The van der Waals surface area contributed by atoms with Crippen molar-refractivity contribution in [2.24, 2.45) is 0 Å². The summed E-state index contributed by atoms with van der Waals surface area (Å²) in [4.78, 5) is 0. The van der Waals surface area contributed by atoms with Crippen LogP contribution in [0.25, 0.3) is 0 Å². The van der Waals surface area contributed by atoms with Crippen LogP contribution in [0.3, 0.4) is 0 Å². The van der Waals surface area contributed by atoms with Gasteiger partial charge >= 0.3 is 7.12 Å². The van der Waals surface area contributed by atoms with Gasteiger partial charge in [-0.2, -0.15) is 0 Å². The highest BCUT2D eigenvalue weighted by molar-refractivity contribution is 6.62. The smallest absolute Gasteiger partial charge is 0.494 e. The predicted octanol–water partition coefficient (Wildman–Crippen LogP) is 2.04. The van der Waals surface area contributed by atoms with Gasteiger partial charge in [0.05, 0.1) is 31.5 Å². The zero-order chi connectivity index (χ0) is 16.0. The molecule has 0 aromatic heterocycles. The SMILES string of the molecule is COc1ccc(B2OC(C)(C)C(C)(C)O2)cc1C1OCCO1. The van der Waals surface area contributed by atoms with Crippen LogP contribution >= 0.6 is 0 Å². The highest BCUT2D eigenvalue weighted by Crippen LogP contribution is 2.37. The van der Waals surface area contributed by atoms with Gasteiger partial charge in [0.1, 0.15) is 5.75 Å². The summed E-state index contributed by atoms with van der Waals surface area (Å²) < 4.78 is 28.8. The van der Waals surface area contributed by atoms with Gasteiger partial charge in [-0.25, -0.2) is 0 Å². The topological polar surface area (TPSA) is 46.2 Å². The van der Waals surface area contributed by atoms with Crippen LogP contribution in [0, 0.1) is 0 Å². The summed E-state index contributed by atoms with van der Waals surface area (Å²) in [5.41, 5.74) is 1.08. The lowest BCUT2D eigenvalue weighted by molar-refractivity contribution is -0.0454. The molecule has 22 heavy (non-hydrogen) atoms. The molecule has 0 bridgehead atoms. The van der Waals surface area contributed by atoms with Crippen molar-refractivity contribution in [3.63, 3.8) is 0 Å². The van der Waals surface area contributed by atoms with E-state index in [4.69, 9.17) is 23.5 Å². The van der Waals surface area contributed by atoms with E-state index in [1.807, 2.05) is 45.9 Å². The van der Waals surface area contributed by atoms with Gasteiger partial charge in [0.25, 0.3) is 0 Å². The molecule has 0 atom stereocenters. The minimum absolute atomic E-state index is 0.363. The first-order valence-electron chi connectivity index (χ1n) is 7.61. The first-order valence-corrected chi connectivity index (χ1v) is 7.61. The molecule has 3 rings (SSSR count). The molecule has 120 valence electrons. The fraction of sp³-hybridized carbons (Fsp3) is 0.625. The third kappa shape index (κ3) is 2.65. The average Bonchev–Trinajstić information content (AvgIpc) is 3.05. The highest BCUT2D eigenvalue weighted by atomic mass is 16.7. The largest absolute Gasteiger partial charge is 0.496 e. The Kier molecular flexibility index (Phi) is 3.97. The quantitative estimate of drug-likeness (QED) is 0.800. The van der Waals surface area contributed by atoms with E-state index in [-0.39, 0.29) is 11.2 Å². The van der Waals surface area contributed by atoms with Crippen molar-refractivity contribution in [1.29, 1.82) is 0 Å². The molecule has 5 nitrogen and oxygen atoms in total. The lowest BCUT2D eigenvalue weighted by Crippen LogP contribution is -2.41. The molecule has 0 unspecified atom stereocenters. The molecule has 1 aromatic rings. The molecule has 0 radical (unpaired) electrons. The number of methoxy groups -OCH3 is 1. The summed E-state index contributed by atoms with van der Waals surface area (Å²) >= 11 is 0. The standard InChI is InChI=1S/C16H23BO5/c1-15(2)16(3,4)22-17(21-15)11-6-7-13(18-5)12(10-11)14-19-8-9-20-14/h6-7,10,14H,8-9H2,1-5H3. The second kappa shape index (κ2) is 5.53. The van der Waals surface area contributed by atoms with Gasteiger partial charge in [-0.3, -0.25) is 0 Å². The number of rotatable bonds is 3. The Labute approximate surface area is 132 Å². The van der Waals surface area contributed by atoms with Crippen molar-refractivity contribution in [1.82, 2.24) is 0 Å². The molecule has 0 spiro atoms. The Morgan fingerprint density at radius 2 is 1.64 bits per heavy atom. The highest BCUT2D eigenvalue weighted by Gasteiger charge is 2.51. The second-order valence-corrected chi connectivity index (χ2v) is 6.66. The molecule has 0 saturated carbocycles. The van der Waals surface area contributed by atoms with Crippen molar-refractivity contribution in [2.75, 3.05) is 20.3 Å². The molecule has 0 amide bonds. The molecular weight excluding hydrogens is 283 g/mol. The van der Waals surface area contributed by atoms with Gasteiger partial charge in [-0.1, -0.05) is 12.1 Å². The molecule has 0 aliphatic carbocycles. The predicted molar refractivity (Wildman–Crippen MR) is 83.4 cm³/mol. The summed E-state index contributed by atoms with van der Waals surface area (Å²) in [5, 5.41) is 0. The van der Waals surface area contributed by atoms with E-state index in [1.165, 1.54) is 0 Å². The summed E-state index contributed by atoms with van der Waals surface area (Å²) in [6.45, 7) is 9.35. The Morgan fingerprint density at radius 3 is 2.18 bits per heavy atom. The maximum Gasteiger partial charge on any atom is 0.494 e. The number of benzene rings is 1. The van der Waals surface area contributed by atoms with Gasteiger partial charge in [0, 0.05) is 5.56 Å². The van der Waals surface area contributed by atoms with Crippen molar-refractivity contribution in [2.45, 2.75) is 45.2 Å². The average molecular weight is 306 g/mol. The van der Waals surface area contributed by atoms with E-state index in [2.05, 4.69) is 0 Å². The van der Waals surface area contributed by atoms with Crippen molar-refractivity contribution in [3.8, 4) is 5.75 Å². The van der Waals surface area contributed by atoms with Crippen LogP contribution < -0.4 is 10.2 Å². The molecule has 1 aromatic carbocycles. The zero-order valence-corrected chi connectivity index (χ0v) is 13.8. The number of ether oxygens (including phenoxy) is 3. The van der Waals surface area contributed by atoms with Crippen LogP contribution in [-0.4, -0.2) is 38.6 Å². The van der Waals surface area contributed by atoms with Crippen LogP contribution in [0.5, 0.6) is 5.75 Å². The van der Waals surface area contributed by atoms with Crippen LogP contribution in [0.15, 0.2) is 18.2 Å². The second-order valence-electron chi connectivity index (χ2n) is 6.66. The molecule has 6 heteroatoms. The van der Waals surface area contributed by atoms with Gasteiger partial charge < -0.3 is 23.5 Å². The monoisotopic (exact) mass is 306 g/mol. The summed E-state index contributed by atoms with van der Waals surface area (Å²) in [7, 11) is 1.23. The van der Waals surface area contributed by atoms with Gasteiger partial charge in [-0.05, 0) is 39.2 Å². The normalized spacial score (nSPS) is 24.0. The molecule has 0 N–H and O–H groups in total. The van der Waals surface area contributed by atoms with Crippen molar-refractivity contribution in [3.05, 3.63) is 23.8 Å². The zero-order valence-electron chi connectivity index (χ0n) is 13.8. The summed E-state index contributed by atoms with van der Waals surface area (Å²) in [6, 6.07) is 5.84. The third-order valence-corrected chi connectivity index (χ3v) is 4.65. The Hall–Kier alpha value is -1.08. The van der Waals surface area contributed by atoms with Gasteiger partial charge in [-0.15, -0.1) is 0 Å². The van der Waals surface area contributed by atoms with E-state index in [9.17, 15) is 0 Å². The first kappa shape index (κ1) is 15.8. The molecule has 2 aliphatic rings. The summed E-state index contributed by atoms with van der Waals surface area (Å²) in [6.07, 6.45) is -0.391. The molecule has 2 heterocycles. The maximum absolute atomic E-state index is 6.10. The molecule has 2 aliphatic heterocycles. The van der Waals surface area contributed by atoms with Crippen LogP contribution in [0.4, 0.5) is 0 Å². The van der Waals surface area contributed by atoms with E-state index < -0.39 is 13.4 Å². The van der Waals surface area contributed by atoms with Crippen LogP contribution in [0.2, 0.25) is 0 Å². The van der Waals surface area contributed by atoms with E-state index in [0.29, 0.717) is 13.2 Å². The Bertz CT molecular complexity index is 535. The molecule has 2 saturated heterocycles. The minimum atomic E-state index is -0.406. The fourth-order valence-corrected chi connectivity index (χ4v) is 2.60. The van der Waals surface area contributed by atoms with E-state index in [0.717, 1.165) is 16.8 Å². The summed E-state index contributed by atoms with van der Waals surface area (Å²) in [5.74, 6) is 0.743. The van der Waals surface area contributed by atoms with Gasteiger partial charge in [0.15, 0.2) is 6.29 Å². The van der Waals surface area contributed by atoms with Crippen LogP contribution in [-0.2, 0) is 18.8 Å². The first-order chi connectivity index (χ1) is 10.3. The van der Waals surface area contributed by atoms with Crippen molar-refractivity contribution >= 4 is 12.6 Å². The van der Waals surface area contributed by atoms with Crippen LogP contribution in [0.1, 0.15) is 39.5 Å². The van der Waals surface area contributed by atoms with Gasteiger partial charge in [0.2, 0.25) is 0 Å². The maximum atomic E-state index is 6.10. The molecular formula is C16H23BO5. The lowest BCUT2D eigenvalue weighted by Gasteiger charge is -2.32. The lowest BCUT2D eigenvalue weighted by atomic mass is 9.78. The van der Waals surface area contributed by atoms with E-state index in [1.54, 1.807) is 7.11 Å². The fourth-order valence-electron chi connectivity index (χ4n) is 2.60. The minimum Gasteiger partial charge on any atom is -0.496 e. The van der Waals surface area contributed by atoms with E-state index >= 15 is 0 Å². The molecule has 2 fully saturated rings. The third-order valence-electron chi connectivity index (χ3n) is 4.65. The number of hydrogen-bond donors (Lipinski definition) is 0. The Balaban J connectivity index is 1.91. The number of hydrogen-bond acceptors (Lipinski definition) is 5. The van der Waals surface area contributed by atoms with Crippen molar-refractivity contribution < 1.29 is 23.5 Å². The Morgan fingerprint density at radius 1 is 1.05 bits per heavy atom.